The maximum atomic E-state index is 12.3. The molecule has 1 amide bonds. The molecule has 2 rings (SSSR count). The van der Waals surface area contributed by atoms with Crippen LogP contribution < -0.4 is 5.32 Å². The summed E-state index contributed by atoms with van der Waals surface area (Å²) >= 11 is 1.48. The number of unbranched alkanes of at least 4 members (excludes halogenated alkanes) is 1. The van der Waals surface area contributed by atoms with Crippen molar-refractivity contribution in [3.8, 4) is 0 Å². The molecule has 0 bridgehead atoms. The van der Waals surface area contributed by atoms with E-state index in [4.69, 9.17) is 0 Å². The third-order valence-corrected chi connectivity index (χ3v) is 6.29. The average Bonchev–Trinajstić information content (AvgIpc) is 2.98. The van der Waals surface area contributed by atoms with Crippen LogP contribution in [0.3, 0.4) is 0 Å². The van der Waals surface area contributed by atoms with Crippen LogP contribution in [0.2, 0.25) is 0 Å². The lowest BCUT2D eigenvalue weighted by Gasteiger charge is -2.09. The monoisotopic (exact) mass is 394 g/mol. The SMILES string of the molecule is CCCCc1nc(CS(=O)(=O)CC(=O)Nc2cccc(C(C)C)c2)cs1. The van der Waals surface area contributed by atoms with Gasteiger partial charge in [-0.15, -0.1) is 11.3 Å². The van der Waals surface area contributed by atoms with Crippen molar-refractivity contribution in [1.29, 1.82) is 0 Å². The van der Waals surface area contributed by atoms with Crippen LogP contribution >= 0.6 is 11.3 Å². The van der Waals surface area contributed by atoms with Crippen LogP contribution in [-0.2, 0) is 26.8 Å². The Morgan fingerprint density at radius 1 is 1.31 bits per heavy atom. The Labute approximate surface area is 159 Å². The van der Waals surface area contributed by atoms with Gasteiger partial charge in [0.15, 0.2) is 9.84 Å². The lowest BCUT2D eigenvalue weighted by atomic mass is 10.0. The largest absolute Gasteiger partial charge is 0.325 e. The number of nitrogens with zero attached hydrogens (tertiary/aromatic N) is 1. The van der Waals surface area contributed by atoms with Gasteiger partial charge in [-0.25, -0.2) is 13.4 Å². The molecule has 0 aliphatic rings. The van der Waals surface area contributed by atoms with Crippen LogP contribution in [0, 0.1) is 0 Å². The molecule has 0 atom stereocenters. The molecule has 1 aromatic carbocycles. The third kappa shape index (κ3) is 6.53. The molecule has 2 aromatic rings. The van der Waals surface area contributed by atoms with Gasteiger partial charge in [-0.1, -0.05) is 39.3 Å². The Kier molecular flexibility index (Phi) is 7.34. The number of sulfone groups is 1. The van der Waals surface area contributed by atoms with E-state index in [0.717, 1.165) is 29.8 Å². The summed E-state index contributed by atoms with van der Waals surface area (Å²) < 4.78 is 24.6. The number of rotatable bonds is 9. The van der Waals surface area contributed by atoms with Crippen molar-refractivity contribution < 1.29 is 13.2 Å². The molecule has 1 N–H and O–H groups in total. The Hall–Kier alpha value is -1.73. The molecule has 1 heterocycles. The van der Waals surface area contributed by atoms with Gasteiger partial charge in [0, 0.05) is 11.1 Å². The quantitative estimate of drug-likeness (QED) is 0.693. The molecule has 0 spiro atoms. The highest BCUT2D eigenvalue weighted by molar-refractivity contribution is 7.91. The van der Waals surface area contributed by atoms with Gasteiger partial charge >= 0.3 is 0 Å². The number of carbonyl (C=O) groups is 1. The highest BCUT2D eigenvalue weighted by Crippen LogP contribution is 2.19. The first-order valence-electron chi connectivity index (χ1n) is 8.82. The van der Waals surface area contributed by atoms with Gasteiger partial charge in [-0.3, -0.25) is 4.79 Å². The molecular formula is C19H26N2O3S2. The fourth-order valence-corrected chi connectivity index (χ4v) is 4.62. The summed E-state index contributed by atoms with van der Waals surface area (Å²) in [6, 6.07) is 7.47. The van der Waals surface area contributed by atoms with Crippen LogP contribution in [0.15, 0.2) is 29.6 Å². The van der Waals surface area contributed by atoms with E-state index in [1.54, 1.807) is 11.4 Å². The van der Waals surface area contributed by atoms with Gasteiger partial charge in [-0.2, -0.15) is 0 Å². The summed E-state index contributed by atoms with van der Waals surface area (Å²) in [7, 11) is -3.56. The van der Waals surface area contributed by atoms with Crippen LogP contribution in [0.25, 0.3) is 0 Å². The number of amides is 1. The second kappa shape index (κ2) is 9.28. The van der Waals surface area contributed by atoms with Gasteiger partial charge in [0.2, 0.25) is 5.91 Å². The molecule has 5 nitrogen and oxygen atoms in total. The first kappa shape index (κ1) is 20.6. The van der Waals surface area contributed by atoms with E-state index in [0.29, 0.717) is 17.3 Å². The van der Waals surface area contributed by atoms with E-state index >= 15 is 0 Å². The lowest BCUT2D eigenvalue weighted by Crippen LogP contribution is -2.24. The summed E-state index contributed by atoms with van der Waals surface area (Å²) in [5.74, 6) is -0.926. The molecule has 142 valence electrons. The zero-order valence-electron chi connectivity index (χ0n) is 15.5. The van der Waals surface area contributed by atoms with Crippen LogP contribution in [0.5, 0.6) is 0 Å². The first-order valence-corrected chi connectivity index (χ1v) is 11.5. The van der Waals surface area contributed by atoms with E-state index in [-0.39, 0.29) is 5.75 Å². The minimum atomic E-state index is -3.56. The maximum Gasteiger partial charge on any atom is 0.239 e. The van der Waals surface area contributed by atoms with Crippen LogP contribution in [0.4, 0.5) is 5.69 Å². The normalized spacial score (nSPS) is 11.7. The highest BCUT2D eigenvalue weighted by Gasteiger charge is 2.19. The molecule has 7 heteroatoms. The van der Waals surface area contributed by atoms with E-state index in [9.17, 15) is 13.2 Å². The van der Waals surface area contributed by atoms with E-state index in [2.05, 4.69) is 31.1 Å². The fraction of sp³-hybridized carbons (Fsp3) is 0.474. The van der Waals surface area contributed by atoms with Gasteiger partial charge in [0.25, 0.3) is 0 Å². The van der Waals surface area contributed by atoms with Crippen molar-refractivity contribution >= 4 is 32.8 Å². The summed E-state index contributed by atoms with van der Waals surface area (Å²) in [5, 5.41) is 5.40. The molecule has 0 radical (unpaired) electrons. The zero-order valence-corrected chi connectivity index (χ0v) is 17.1. The molecule has 1 aromatic heterocycles. The zero-order chi connectivity index (χ0) is 19.2. The predicted molar refractivity (Wildman–Crippen MR) is 107 cm³/mol. The minimum absolute atomic E-state index is 0.199. The number of aromatic nitrogens is 1. The van der Waals surface area contributed by atoms with Gasteiger partial charge in [0.05, 0.1) is 16.5 Å². The Bertz CT molecular complexity index is 842. The third-order valence-electron chi connectivity index (χ3n) is 3.90. The molecule has 0 saturated heterocycles. The van der Waals surface area contributed by atoms with E-state index in [1.807, 2.05) is 18.2 Å². The summed E-state index contributed by atoms with van der Waals surface area (Å²) in [4.78, 5) is 16.5. The number of hydrogen-bond acceptors (Lipinski definition) is 5. The van der Waals surface area contributed by atoms with Gasteiger partial charge in [0.1, 0.15) is 5.75 Å². The Morgan fingerprint density at radius 2 is 2.08 bits per heavy atom. The molecule has 0 fully saturated rings. The van der Waals surface area contributed by atoms with E-state index in [1.165, 1.54) is 11.3 Å². The van der Waals surface area contributed by atoms with Gasteiger partial charge < -0.3 is 5.32 Å². The van der Waals surface area contributed by atoms with Crippen molar-refractivity contribution in [2.24, 2.45) is 0 Å². The second-order valence-corrected chi connectivity index (χ2v) is 9.70. The van der Waals surface area contributed by atoms with Crippen molar-refractivity contribution in [3.63, 3.8) is 0 Å². The standard InChI is InChI=1S/C19H26N2O3S2/c1-4-5-9-19-21-17(11-25-19)12-26(23,24)13-18(22)20-16-8-6-7-15(10-16)14(2)3/h6-8,10-11,14H,4-5,9,12-13H2,1-3H3,(H,20,22). The number of aryl methyl sites for hydroxylation is 1. The first-order chi connectivity index (χ1) is 12.3. The topological polar surface area (TPSA) is 76.1 Å². The summed E-state index contributed by atoms with van der Waals surface area (Å²) in [5.41, 5.74) is 2.23. The number of benzene rings is 1. The molecule has 0 saturated carbocycles. The minimum Gasteiger partial charge on any atom is -0.325 e. The fourth-order valence-electron chi connectivity index (χ4n) is 2.51. The molecule has 0 unspecified atom stereocenters. The number of carbonyl (C=O) groups excluding carboxylic acids is 1. The Balaban J connectivity index is 1.94. The predicted octanol–water partition coefficient (Wildman–Crippen LogP) is 4.16. The van der Waals surface area contributed by atoms with Crippen molar-refractivity contribution in [1.82, 2.24) is 4.98 Å². The summed E-state index contributed by atoms with van der Waals surface area (Å²) in [6.45, 7) is 6.23. The molecular weight excluding hydrogens is 368 g/mol. The molecule has 0 aliphatic heterocycles. The van der Waals surface area contributed by atoms with Crippen molar-refractivity contribution in [2.75, 3.05) is 11.1 Å². The Morgan fingerprint density at radius 3 is 2.77 bits per heavy atom. The van der Waals surface area contributed by atoms with Crippen LogP contribution in [0.1, 0.15) is 55.8 Å². The molecule has 26 heavy (non-hydrogen) atoms. The van der Waals surface area contributed by atoms with E-state index < -0.39 is 21.5 Å². The highest BCUT2D eigenvalue weighted by atomic mass is 32.2. The van der Waals surface area contributed by atoms with Crippen LogP contribution in [-0.4, -0.2) is 25.1 Å². The van der Waals surface area contributed by atoms with Crippen molar-refractivity contribution in [2.45, 2.75) is 51.7 Å². The van der Waals surface area contributed by atoms with Crippen molar-refractivity contribution in [3.05, 3.63) is 45.9 Å². The number of anilines is 1. The van der Waals surface area contributed by atoms with Gasteiger partial charge in [-0.05, 0) is 36.5 Å². The number of hydrogen-bond donors (Lipinski definition) is 1. The molecule has 0 aliphatic carbocycles. The summed E-state index contributed by atoms with van der Waals surface area (Å²) in [6.07, 6.45) is 2.98. The lowest BCUT2D eigenvalue weighted by molar-refractivity contribution is -0.113. The second-order valence-electron chi connectivity index (χ2n) is 6.70. The average molecular weight is 395 g/mol. The maximum absolute atomic E-state index is 12.3. The number of nitrogens with one attached hydrogen (secondary N) is 1. The number of thiazole rings is 1. The smallest absolute Gasteiger partial charge is 0.239 e.